The Balaban J connectivity index is 0.801. The SMILES string of the molecule is CC[C@H](C)[C@H](NC(=O)[C@@H]1CCCN1C(=O)CNC(=O)[C@@H]1CCCN1C(=O)[C@H](Cc1ccccc1)NC(=O)[C@@H]1CCCN1C(=O)[C@H](Cc1ccc(O)cc1)NC(=O)[C@@H](NC(=O)[C@@H](N)CC(C)C)C(C)C)C(=O)N1CCC[C@H]1C(=O)N[C@@H](CC(N)=O)C(=O)N[C@@H](CO)C(=O)N[C@@H](CC(C)C)C(=O)N1CCC[C@H]1C(=O)N[C@@H](CCC(N)=O)C(=O)N[C@@H](CC(N)=O)C(=O)N[C@H](C(=O)N1CCC[C@H]1C(=O)N1CCC[C@H]1C(=O)O)[C@@H](C)CC. The van der Waals surface area contributed by atoms with Gasteiger partial charge in [-0.2, -0.15) is 0 Å². The molecule has 47 nitrogen and oxygen atoms in total. The van der Waals surface area contributed by atoms with Crippen LogP contribution in [0.3, 0.4) is 0 Å². The number of aliphatic hydroxyl groups is 1. The summed E-state index contributed by atoms with van der Waals surface area (Å²) in [4.78, 5) is 319. The number of carboxylic acid groups (broad SMARTS) is 1. The number of aliphatic hydroxyl groups excluding tert-OH is 1. The zero-order valence-corrected chi connectivity index (χ0v) is 85.6. The van der Waals surface area contributed by atoms with Gasteiger partial charge in [-0.25, -0.2) is 4.79 Å². The highest BCUT2D eigenvalue weighted by atomic mass is 16.4. The summed E-state index contributed by atoms with van der Waals surface area (Å²) in [5, 5.41) is 59.5. The van der Waals surface area contributed by atoms with Crippen molar-refractivity contribution < 1.29 is 121 Å². The molecule has 0 spiro atoms. The Bertz CT molecular complexity index is 5090. The fourth-order valence-electron chi connectivity index (χ4n) is 20.2. The van der Waals surface area contributed by atoms with Crippen molar-refractivity contribution >= 4 is 130 Å². The number of nitrogens with one attached hydrogen (secondary N) is 11. The molecule has 47 heteroatoms. The van der Waals surface area contributed by atoms with Crippen LogP contribution in [0.1, 0.15) is 222 Å². The normalized spacial score (nSPS) is 21.4. The first-order valence-corrected chi connectivity index (χ1v) is 51.4. The van der Waals surface area contributed by atoms with Gasteiger partial charge in [0.05, 0.1) is 32.0 Å². The fourth-order valence-corrected chi connectivity index (χ4v) is 20.2. The van der Waals surface area contributed by atoms with Gasteiger partial charge in [-0.05, 0) is 162 Å². The van der Waals surface area contributed by atoms with Gasteiger partial charge in [-0.3, -0.25) is 101 Å². The maximum atomic E-state index is 15.1. The average molecular weight is 2060 g/mol. The van der Waals surface area contributed by atoms with Crippen molar-refractivity contribution in [2.45, 2.75) is 332 Å². The number of hydrogen-bond donors (Lipinski definition) is 18. The molecule has 2 aromatic rings. The van der Waals surface area contributed by atoms with Crippen molar-refractivity contribution in [1.29, 1.82) is 0 Å². The lowest BCUT2D eigenvalue weighted by atomic mass is 9.96. The van der Waals surface area contributed by atoms with Crippen LogP contribution in [0.25, 0.3) is 0 Å². The highest BCUT2D eigenvalue weighted by Crippen LogP contribution is 2.32. The van der Waals surface area contributed by atoms with Gasteiger partial charge in [0.15, 0.2) is 0 Å². The van der Waals surface area contributed by atoms with E-state index in [1.807, 2.05) is 13.8 Å². The number of benzene rings is 2. The smallest absolute Gasteiger partial charge is 0.326 e. The maximum absolute atomic E-state index is 15.1. The topological polar surface area (TPSA) is 695 Å². The monoisotopic (exact) mass is 2060 g/mol. The molecule has 7 fully saturated rings. The van der Waals surface area contributed by atoms with E-state index in [4.69, 9.17) is 22.9 Å². The highest BCUT2D eigenvalue weighted by Gasteiger charge is 2.50. The second-order valence-electron chi connectivity index (χ2n) is 40.8. The van der Waals surface area contributed by atoms with Gasteiger partial charge >= 0.3 is 5.97 Å². The van der Waals surface area contributed by atoms with Crippen molar-refractivity contribution in [3.8, 4) is 5.75 Å². The predicted octanol–water partition coefficient (Wildman–Crippen LogP) is -3.66. The van der Waals surface area contributed by atoms with E-state index in [0.29, 0.717) is 62.5 Å². The molecule has 9 rings (SSSR count). The zero-order valence-electron chi connectivity index (χ0n) is 85.6. The van der Waals surface area contributed by atoms with E-state index in [1.165, 1.54) is 41.5 Å². The number of primary amides is 3. The molecule has 0 radical (unpaired) electrons. The second-order valence-corrected chi connectivity index (χ2v) is 40.8. The van der Waals surface area contributed by atoms with Gasteiger partial charge in [0.2, 0.25) is 124 Å². The molecule has 0 saturated carbocycles. The van der Waals surface area contributed by atoms with Crippen molar-refractivity contribution in [3.05, 3.63) is 65.7 Å². The first-order chi connectivity index (χ1) is 69.7. The zero-order chi connectivity index (χ0) is 108. The number of phenolic OH excluding ortho intramolecular Hbond substituents is 1. The number of carbonyl (C=O) groups excluding carboxylic acids is 21. The average Bonchev–Trinajstić information content (AvgIpc) is 1.73. The van der Waals surface area contributed by atoms with Gasteiger partial charge < -0.3 is 131 Å². The Morgan fingerprint density at radius 1 is 0.361 bits per heavy atom. The summed E-state index contributed by atoms with van der Waals surface area (Å²) in [6.07, 6.45) is 1.11. The van der Waals surface area contributed by atoms with Gasteiger partial charge in [0, 0.05) is 65.1 Å². The van der Waals surface area contributed by atoms with Crippen LogP contribution in [0, 0.1) is 29.6 Å². The van der Waals surface area contributed by atoms with Crippen LogP contribution in [0.15, 0.2) is 54.6 Å². The van der Waals surface area contributed by atoms with E-state index in [0.717, 1.165) is 4.90 Å². The minimum absolute atomic E-state index is 0.00674. The summed E-state index contributed by atoms with van der Waals surface area (Å²) in [5.41, 5.74) is 24.1. The standard InChI is InChI=1S/C100H150N22O25/c1-11-56(9)81(99(145)121-43-21-30-74(121)97(143)122-44-22-31-75(122)100(146)147)114-86(132)64(50-78(104)127)107-84(130)62(36-37-76(102)125)106-89(135)71-27-18-40-118(71)94(140)65(46-54(5)6)109-87(133)68(52-123)112-85(131)63(49-77(103)126)108-90(136)73-29-20-42-120(73)98(144)82(57(10)12-2)115-92(138)70-26-16-38-116(70)79(128)51-105-88(134)69-25-17-39-117(69)95(141)66(47-58-23-14-13-15-24-58)110-91(137)72-28-19-41-119(72)96(142)67(48-59-32-34-60(124)35-33-59)111-93(139)80(55(7)8)113-83(129)61(101)45-53(3)4/h13-15,23-24,32-35,53-57,61-75,80-82,123-124H,11-12,16-22,25-31,36-52,101H2,1-10H3,(H2,102,125)(H2,103,126)(H2,104,127)(H,105,134)(H,106,135)(H,107,130)(H,108,136)(H,109,133)(H,110,137)(H,111,139)(H,112,131)(H,113,129)(H,114,132)(H,115,138)(H,146,147)/t56-,57-,61-,62-,63-,64-,65-,66-,67-,68-,69-,70-,71-,72-,73-,74-,75-,80-,81-,82-/m0/s1. The Labute approximate surface area is 854 Å². The van der Waals surface area contributed by atoms with E-state index >= 15 is 4.79 Å². The van der Waals surface area contributed by atoms with Gasteiger partial charge in [0.25, 0.3) is 0 Å². The molecule has 810 valence electrons. The molecule has 7 saturated heterocycles. The minimum Gasteiger partial charge on any atom is -0.508 e. The van der Waals surface area contributed by atoms with Crippen molar-refractivity contribution in [2.24, 2.45) is 52.5 Å². The first-order valence-electron chi connectivity index (χ1n) is 51.4. The molecule has 7 aliphatic rings. The lowest BCUT2D eigenvalue weighted by Crippen LogP contribution is -2.61. The Kier molecular flexibility index (Phi) is 43.6. The maximum Gasteiger partial charge on any atom is 0.326 e. The summed E-state index contributed by atoms with van der Waals surface area (Å²) in [5.74, 6) is -21.0. The third kappa shape index (κ3) is 31.8. The van der Waals surface area contributed by atoms with E-state index in [-0.39, 0.29) is 140 Å². The Morgan fingerprint density at radius 3 is 1.19 bits per heavy atom. The number of aromatic hydroxyl groups is 1. The molecular weight excluding hydrogens is 1910 g/mol. The molecular formula is C100H150N22O25. The van der Waals surface area contributed by atoms with Gasteiger partial charge in [-0.15, -0.1) is 0 Å². The number of carboxylic acids is 1. The Morgan fingerprint density at radius 2 is 0.721 bits per heavy atom. The van der Waals surface area contributed by atoms with E-state index in [1.54, 1.807) is 97.9 Å². The number of nitrogens with zero attached hydrogens (tertiary/aromatic N) is 7. The third-order valence-electron chi connectivity index (χ3n) is 28.6. The lowest BCUT2D eigenvalue weighted by Gasteiger charge is -2.34. The predicted molar refractivity (Wildman–Crippen MR) is 529 cm³/mol. The fraction of sp³-hybridized carbons (Fsp3) is 0.660. The summed E-state index contributed by atoms with van der Waals surface area (Å²) in [6, 6.07) is -9.57. The summed E-state index contributed by atoms with van der Waals surface area (Å²) in [6.45, 7) is 16.0. The molecule has 20 atom stereocenters. The lowest BCUT2D eigenvalue weighted by molar-refractivity contribution is -0.152. The quantitative estimate of drug-likeness (QED) is 0.0304. The van der Waals surface area contributed by atoms with Crippen molar-refractivity contribution in [3.63, 3.8) is 0 Å². The first kappa shape index (κ1) is 117. The number of rotatable bonds is 51. The molecule has 7 heterocycles. The number of hydrogen-bond acceptors (Lipinski definition) is 25. The molecule has 21 amide bonds. The summed E-state index contributed by atoms with van der Waals surface area (Å²) >= 11 is 0. The summed E-state index contributed by atoms with van der Waals surface area (Å²) in [7, 11) is 0. The second kappa shape index (κ2) is 54.8. The molecule has 0 aromatic heterocycles. The van der Waals surface area contributed by atoms with E-state index in [9.17, 15) is 116 Å². The number of amides is 21. The van der Waals surface area contributed by atoms with Crippen molar-refractivity contribution in [2.75, 3.05) is 59.0 Å². The highest BCUT2D eigenvalue weighted by molar-refractivity contribution is 6.04. The van der Waals surface area contributed by atoms with Crippen LogP contribution in [0.4, 0.5) is 0 Å². The molecule has 2 aromatic carbocycles. The number of phenols is 1. The van der Waals surface area contributed by atoms with Crippen LogP contribution in [-0.2, 0) is 118 Å². The molecule has 0 aliphatic carbocycles. The van der Waals surface area contributed by atoms with Crippen LogP contribution in [0.2, 0.25) is 0 Å². The molecule has 22 N–H and O–H groups in total. The number of carbonyl (C=O) groups is 22. The molecule has 0 unspecified atom stereocenters. The molecule has 147 heavy (non-hydrogen) atoms. The van der Waals surface area contributed by atoms with E-state index in [2.05, 4.69) is 58.5 Å². The largest absolute Gasteiger partial charge is 0.508 e. The van der Waals surface area contributed by atoms with Crippen LogP contribution >= 0.6 is 0 Å². The van der Waals surface area contributed by atoms with E-state index < -0.39 is 295 Å². The summed E-state index contributed by atoms with van der Waals surface area (Å²) < 4.78 is 0. The van der Waals surface area contributed by atoms with Crippen LogP contribution < -0.4 is 81.4 Å². The number of nitrogens with two attached hydrogens (primary N) is 4. The van der Waals surface area contributed by atoms with Gasteiger partial charge in [0.1, 0.15) is 108 Å². The van der Waals surface area contributed by atoms with Crippen LogP contribution in [-0.4, -0.2) is 347 Å². The molecule has 7 aliphatic heterocycles. The Hall–Kier alpha value is -13.5. The molecule has 0 bridgehead atoms. The number of aliphatic carboxylic acids is 1. The number of likely N-dealkylation sites (tertiary alicyclic amines) is 7. The van der Waals surface area contributed by atoms with Crippen molar-refractivity contribution in [1.82, 2.24) is 92.8 Å². The minimum atomic E-state index is -1.91. The van der Waals surface area contributed by atoms with Crippen LogP contribution in [0.5, 0.6) is 5.75 Å². The third-order valence-corrected chi connectivity index (χ3v) is 28.6. The van der Waals surface area contributed by atoms with Gasteiger partial charge in [-0.1, -0.05) is 125 Å².